The first kappa shape index (κ1) is 12.5. The van der Waals surface area contributed by atoms with E-state index < -0.39 is 6.10 Å². The minimum atomic E-state index is -0.668. The molecule has 1 aliphatic heterocycles. The standard InChI is InChI=1S/C15H13NO4/c1-18-11-6-10(7-16-8-11)15(17)14-9-19-12-4-2-3-5-13(12)20-14/h2-8,14H,9H2,1H3. The van der Waals surface area contributed by atoms with E-state index in [1.165, 1.54) is 13.3 Å². The fraction of sp³-hybridized carbons (Fsp3) is 0.200. The van der Waals surface area contributed by atoms with E-state index in [-0.39, 0.29) is 12.4 Å². The smallest absolute Gasteiger partial charge is 0.208 e. The number of hydrogen-bond acceptors (Lipinski definition) is 5. The summed E-state index contributed by atoms with van der Waals surface area (Å²) in [6.07, 6.45) is 2.37. The number of aromatic nitrogens is 1. The molecule has 0 aliphatic carbocycles. The Labute approximate surface area is 116 Å². The summed E-state index contributed by atoms with van der Waals surface area (Å²) in [4.78, 5) is 16.4. The predicted octanol–water partition coefficient (Wildman–Crippen LogP) is 2.11. The molecule has 20 heavy (non-hydrogen) atoms. The number of hydrogen-bond donors (Lipinski definition) is 0. The molecule has 0 fully saturated rings. The summed E-state index contributed by atoms with van der Waals surface area (Å²) in [5, 5.41) is 0. The van der Waals surface area contributed by atoms with Crippen molar-refractivity contribution in [2.24, 2.45) is 0 Å². The van der Waals surface area contributed by atoms with Crippen LogP contribution in [-0.2, 0) is 0 Å². The van der Waals surface area contributed by atoms with Gasteiger partial charge in [0.15, 0.2) is 17.6 Å². The van der Waals surface area contributed by atoms with Crippen LogP contribution in [0, 0.1) is 0 Å². The quantitative estimate of drug-likeness (QED) is 0.800. The highest BCUT2D eigenvalue weighted by Crippen LogP contribution is 2.31. The summed E-state index contributed by atoms with van der Waals surface area (Å²) in [6.45, 7) is 0.188. The van der Waals surface area contributed by atoms with Crippen LogP contribution in [-0.4, -0.2) is 30.6 Å². The first-order valence-corrected chi connectivity index (χ1v) is 6.19. The van der Waals surface area contributed by atoms with Gasteiger partial charge in [0.1, 0.15) is 12.4 Å². The van der Waals surface area contributed by atoms with Gasteiger partial charge < -0.3 is 14.2 Å². The Kier molecular flexibility index (Phi) is 3.25. The molecule has 1 aromatic heterocycles. The zero-order chi connectivity index (χ0) is 13.9. The maximum atomic E-state index is 12.4. The van der Waals surface area contributed by atoms with Gasteiger partial charge in [0.25, 0.3) is 0 Å². The van der Waals surface area contributed by atoms with Crippen molar-refractivity contribution in [1.29, 1.82) is 0 Å². The molecule has 3 rings (SSSR count). The maximum absolute atomic E-state index is 12.4. The molecule has 1 unspecified atom stereocenters. The average molecular weight is 271 g/mol. The van der Waals surface area contributed by atoms with E-state index in [0.29, 0.717) is 22.8 Å². The summed E-state index contributed by atoms with van der Waals surface area (Å²) in [6, 6.07) is 8.92. The SMILES string of the molecule is COc1cncc(C(=O)C2COc3ccccc3O2)c1. The van der Waals surface area contributed by atoms with Crippen LogP contribution >= 0.6 is 0 Å². The Morgan fingerprint density at radius 1 is 1.30 bits per heavy atom. The van der Waals surface area contributed by atoms with Crippen LogP contribution in [0.3, 0.4) is 0 Å². The number of benzene rings is 1. The van der Waals surface area contributed by atoms with E-state index in [1.54, 1.807) is 18.3 Å². The zero-order valence-electron chi connectivity index (χ0n) is 10.9. The number of fused-ring (bicyclic) bond motifs is 1. The van der Waals surface area contributed by atoms with Crippen molar-refractivity contribution in [3.05, 3.63) is 48.3 Å². The molecule has 5 heteroatoms. The van der Waals surface area contributed by atoms with Crippen molar-refractivity contribution in [2.45, 2.75) is 6.10 Å². The van der Waals surface area contributed by atoms with Gasteiger partial charge in [-0.25, -0.2) is 0 Å². The molecule has 1 aliphatic rings. The van der Waals surface area contributed by atoms with Gasteiger partial charge in [0.05, 0.1) is 13.3 Å². The number of para-hydroxylation sites is 2. The Hall–Kier alpha value is -2.56. The summed E-state index contributed by atoms with van der Waals surface area (Å²) >= 11 is 0. The fourth-order valence-corrected chi connectivity index (χ4v) is 2.00. The number of carbonyl (C=O) groups excluding carboxylic acids is 1. The van der Waals surface area contributed by atoms with E-state index in [2.05, 4.69) is 4.98 Å². The van der Waals surface area contributed by atoms with Crippen LogP contribution in [0.1, 0.15) is 10.4 Å². The van der Waals surface area contributed by atoms with E-state index in [1.807, 2.05) is 18.2 Å². The van der Waals surface area contributed by atoms with Crippen molar-refractivity contribution in [3.8, 4) is 17.2 Å². The van der Waals surface area contributed by atoms with Crippen molar-refractivity contribution in [2.75, 3.05) is 13.7 Å². The summed E-state index contributed by atoms with van der Waals surface area (Å²) < 4.78 is 16.3. The molecular formula is C15H13NO4. The van der Waals surface area contributed by atoms with Crippen molar-refractivity contribution in [3.63, 3.8) is 0 Å². The highest BCUT2D eigenvalue weighted by Gasteiger charge is 2.28. The molecule has 0 amide bonds. The first-order chi connectivity index (χ1) is 9.78. The van der Waals surface area contributed by atoms with E-state index in [9.17, 15) is 4.79 Å². The highest BCUT2D eigenvalue weighted by atomic mass is 16.6. The van der Waals surface area contributed by atoms with Gasteiger partial charge in [-0.2, -0.15) is 0 Å². The van der Waals surface area contributed by atoms with Gasteiger partial charge >= 0.3 is 0 Å². The van der Waals surface area contributed by atoms with Crippen LogP contribution in [0.5, 0.6) is 17.2 Å². The van der Waals surface area contributed by atoms with E-state index >= 15 is 0 Å². The van der Waals surface area contributed by atoms with E-state index in [0.717, 1.165) is 0 Å². The highest BCUT2D eigenvalue weighted by molar-refractivity contribution is 6.00. The second-order valence-corrected chi connectivity index (χ2v) is 4.34. The number of Topliss-reactive ketones (excluding diaryl/α,β-unsaturated/α-hetero) is 1. The number of ether oxygens (including phenoxy) is 3. The monoisotopic (exact) mass is 271 g/mol. The maximum Gasteiger partial charge on any atom is 0.208 e. The van der Waals surface area contributed by atoms with Gasteiger partial charge in [0.2, 0.25) is 5.78 Å². The van der Waals surface area contributed by atoms with E-state index in [4.69, 9.17) is 14.2 Å². The molecule has 0 spiro atoms. The lowest BCUT2D eigenvalue weighted by Crippen LogP contribution is -2.36. The molecule has 1 atom stereocenters. The largest absolute Gasteiger partial charge is 0.495 e. The number of carbonyl (C=O) groups is 1. The van der Waals surface area contributed by atoms with Crippen LogP contribution in [0.25, 0.3) is 0 Å². The topological polar surface area (TPSA) is 57.7 Å². The Morgan fingerprint density at radius 3 is 2.90 bits per heavy atom. The number of methoxy groups -OCH3 is 1. The third-order valence-electron chi connectivity index (χ3n) is 3.03. The van der Waals surface area contributed by atoms with Crippen LogP contribution < -0.4 is 14.2 Å². The zero-order valence-corrected chi connectivity index (χ0v) is 10.9. The minimum absolute atomic E-state index is 0.175. The second-order valence-electron chi connectivity index (χ2n) is 4.34. The molecule has 2 heterocycles. The molecule has 0 N–H and O–H groups in total. The lowest BCUT2D eigenvalue weighted by molar-refractivity contribution is 0.0585. The fourth-order valence-electron chi connectivity index (χ4n) is 2.00. The van der Waals surface area contributed by atoms with Crippen molar-refractivity contribution >= 4 is 5.78 Å². The van der Waals surface area contributed by atoms with Crippen LogP contribution in [0.2, 0.25) is 0 Å². The third kappa shape index (κ3) is 2.30. The average Bonchev–Trinajstić information content (AvgIpc) is 2.53. The van der Waals surface area contributed by atoms with Gasteiger partial charge in [0, 0.05) is 11.8 Å². The molecule has 2 aromatic rings. The molecular weight excluding hydrogens is 258 g/mol. The predicted molar refractivity (Wildman–Crippen MR) is 71.5 cm³/mol. The normalized spacial score (nSPS) is 16.6. The van der Waals surface area contributed by atoms with Gasteiger partial charge in [-0.3, -0.25) is 9.78 Å². The number of rotatable bonds is 3. The summed E-state index contributed by atoms with van der Waals surface area (Å²) in [7, 11) is 1.53. The summed E-state index contributed by atoms with van der Waals surface area (Å²) in [5.74, 6) is 1.59. The molecule has 0 radical (unpaired) electrons. The number of ketones is 1. The van der Waals surface area contributed by atoms with Crippen LogP contribution in [0.4, 0.5) is 0 Å². The second kappa shape index (κ2) is 5.21. The lowest BCUT2D eigenvalue weighted by Gasteiger charge is -2.25. The van der Waals surface area contributed by atoms with Crippen molar-refractivity contribution < 1.29 is 19.0 Å². The summed E-state index contributed by atoms with van der Waals surface area (Å²) in [5.41, 5.74) is 0.442. The van der Waals surface area contributed by atoms with Gasteiger partial charge in [-0.05, 0) is 18.2 Å². The Balaban J connectivity index is 1.82. The lowest BCUT2D eigenvalue weighted by atomic mass is 10.1. The third-order valence-corrected chi connectivity index (χ3v) is 3.03. The van der Waals surface area contributed by atoms with Crippen LogP contribution in [0.15, 0.2) is 42.7 Å². The van der Waals surface area contributed by atoms with Gasteiger partial charge in [-0.1, -0.05) is 12.1 Å². The van der Waals surface area contributed by atoms with Gasteiger partial charge in [-0.15, -0.1) is 0 Å². The first-order valence-electron chi connectivity index (χ1n) is 6.19. The molecule has 5 nitrogen and oxygen atoms in total. The minimum Gasteiger partial charge on any atom is -0.495 e. The molecule has 102 valence electrons. The Bertz CT molecular complexity index is 641. The molecule has 0 saturated heterocycles. The number of nitrogens with zero attached hydrogens (tertiary/aromatic N) is 1. The molecule has 1 aromatic carbocycles. The molecule has 0 saturated carbocycles. The Morgan fingerprint density at radius 2 is 2.10 bits per heavy atom. The van der Waals surface area contributed by atoms with Crippen molar-refractivity contribution in [1.82, 2.24) is 4.98 Å². The molecule has 0 bridgehead atoms. The number of pyridine rings is 1.